The van der Waals surface area contributed by atoms with Crippen molar-refractivity contribution in [2.24, 2.45) is 10.9 Å². The summed E-state index contributed by atoms with van der Waals surface area (Å²) in [6.45, 7) is 6.68. The zero-order valence-electron chi connectivity index (χ0n) is 7.72. The third-order valence-corrected chi connectivity index (χ3v) is 1.99. The summed E-state index contributed by atoms with van der Waals surface area (Å²) < 4.78 is 0. The van der Waals surface area contributed by atoms with Crippen LogP contribution < -0.4 is 0 Å². The third kappa shape index (κ3) is 2.49. The first-order valence-corrected chi connectivity index (χ1v) is 4.41. The summed E-state index contributed by atoms with van der Waals surface area (Å²) in [7, 11) is 0. The third-order valence-electron chi connectivity index (χ3n) is 1.99. The SMILES string of the molecule is CC1=C(CC(C)C)N=CCC1. The van der Waals surface area contributed by atoms with E-state index in [0.29, 0.717) is 0 Å². The van der Waals surface area contributed by atoms with Gasteiger partial charge in [-0.25, -0.2) is 0 Å². The van der Waals surface area contributed by atoms with Gasteiger partial charge in [0.25, 0.3) is 0 Å². The van der Waals surface area contributed by atoms with Gasteiger partial charge in [-0.3, -0.25) is 4.99 Å². The minimum Gasteiger partial charge on any atom is -0.266 e. The van der Waals surface area contributed by atoms with Crippen LogP contribution in [0.2, 0.25) is 0 Å². The van der Waals surface area contributed by atoms with E-state index in [1.54, 1.807) is 0 Å². The molecule has 0 radical (unpaired) electrons. The molecule has 0 saturated carbocycles. The van der Waals surface area contributed by atoms with E-state index in [-0.39, 0.29) is 0 Å². The van der Waals surface area contributed by atoms with Gasteiger partial charge in [0.1, 0.15) is 0 Å². The number of rotatable bonds is 2. The van der Waals surface area contributed by atoms with Crippen LogP contribution in [0.25, 0.3) is 0 Å². The highest BCUT2D eigenvalue weighted by atomic mass is 14.7. The van der Waals surface area contributed by atoms with Gasteiger partial charge in [-0.15, -0.1) is 0 Å². The number of allylic oxidation sites excluding steroid dienone is 2. The summed E-state index contributed by atoms with van der Waals surface area (Å²) in [5.74, 6) is 0.732. The van der Waals surface area contributed by atoms with Gasteiger partial charge in [0.15, 0.2) is 0 Å². The van der Waals surface area contributed by atoms with Crippen molar-refractivity contribution in [2.75, 3.05) is 0 Å². The lowest BCUT2D eigenvalue weighted by Gasteiger charge is -2.12. The maximum Gasteiger partial charge on any atom is 0.0391 e. The second-order valence-corrected chi connectivity index (χ2v) is 3.68. The second kappa shape index (κ2) is 3.70. The molecule has 0 bridgehead atoms. The van der Waals surface area contributed by atoms with Gasteiger partial charge in [-0.1, -0.05) is 19.4 Å². The first-order valence-electron chi connectivity index (χ1n) is 4.41. The van der Waals surface area contributed by atoms with E-state index in [2.05, 4.69) is 25.8 Å². The van der Waals surface area contributed by atoms with E-state index < -0.39 is 0 Å². The number of hydrogen-bond donors (Lipinski definition) is 0. The Morgan fingerprint density at radius 1 is 1.55 bits per heavy atom. The average Bonchev–Trinajstić information content (AvgIpc) is 1.93. The van der Waals surface area contributed by atoms with Crippen LogP contribution in [-0.2, 0) is 0 Å². The highest BCUT2D eigenvalue weighted by Gasteiger charge is 2.06. The molecule has 0 aliphatic carbocycles. The summed E-state index contributed by atoms with van der Waals surface area (Å²) >= 11 is 0. The fourth-order valence-electron chi connectivity index (χ4n) is 1.32. The van der Waals surface area contributed by atoms with Crippen molar-refractivity contribution in [1.82, 2.24) is 0 Å². The van der Waals surface area contributed by atoms with Crippen LogP contribution in [0.1, 0.15) is 40.0 Å². The van der Waals surface area contributed by atoms with Crippen LogP contribution in [0, 0.1) is 5.92 Å². The van der Waals surface area contributed by atoms with E-state index in [9.17, 15) is 0 Å². The quantitative estimate of drug-likeness (QED) is 0.575. The van der Waals surface area contributed by atoms with Gasteiger partial charge in [-0.05, 0) is 32.1 Å². The molecule has 0 atom stereocenters. The van der Waals surface area contributed by atoms with Gasteiger partial charge >= 0.3 is 0 Å². The van der Waals surface area contributed by atoms with E-state index in [0.717, 1.165) is 18.8 Å². The summed E-state index contributed by atoms with van der Waals surface area (Å²) in [4.78, 5) is 4.41. The molecule has 1 aliphatic rings. The Bertz CT molecular complexity index is 187. The molecule has 0 N–H and O–H groups in total. The van der Waals surface area contributed by atoms with Crippen LogP contribution in [-0.4, -0.2) is 6.21 Å². The molecule has 0 spiro atoms. The smallest absolute Gasteiger partial charge is 0.0391 e. The fourth-order valence-corrected chi connectivity index (χ4v) is 1.32. The van der Waals surface area contributed by atoms with E-state index >= 15 is 0 Å². The summed E-state index contributed by atoms with van der Waals surface area (Å²) in [5.41, 5.74) is 2.81. The number of aliphatic imine (C=N–C) groups is 1. The Labute approximate surface area is 69.2 Å². The normalized spacial score (nSPS) is 18.2. The Morgan fingerprint density at radius 3 is 2.82 bits per heavy atom. The minimum atomic E-state index is 0.732. The molecule has 0 unspecified atom stereocenters. The highest BCUT2D eigenvalue weighted by Crippen LogP contribution is 2.21. The molecule has 0 aromatic carbocycles. The van der Waals surface area contributed by atoms with Crippen molar-refractivity contribution in [3.8, 4) is 0 Å². The minimum absolute atomic E-state index is 0.732. The predicted octanol–water partition coefficient (Wildman–Crippen LogP) is 3.17. The topological polar surface area (TPSA) is 12.4 Å². The molecule has 0 aromatic heterocycles. The monoisotopic (exact) mass is 151 g/mol. The van der Waals surface area contributed by atoms with Crippen molar-refractivity contribution in [1.29, 1.82) is 0 Å². The van der Waals surface area contributed by atoms with E-state index in [1.165, 1.54) is 17.7 Å². The Hall–Kier alpha value is -0.590. The van der Waals surface area contributed by atoms with Gasteiger partial charge in [0.2, 0.25) is 0 Å². The Balaban J connectivity index is 2.60. The molecular weight excluding hydrogens is 134 g/mol. The highest BCUT2D eigenvalue weighted by molar-refractivity contribution is 5.61. The number of hydrogen-bond acceptors (Lipinski definition) is 1. The molecule has 1 nitrogen and oxygen atoms in total. The zero-order valence-corrected chi connectivity index (χ0v) is 7.72. The van der Waals surface area contributed by atoms with Crippen molar-refractivity contribution in [2.45, 2.75) is 40.0 Å². The van der Waals surface area contributed by atoms with Crippen LogP contribution in [0.5, 0.6) is 0 Å². The molecule has 1 heterocycles. The molecule has 0 aromatic rings. The second-order valence-electron chi connectivity index (χ2n) is 3.68. The fraction of sp³-hybridized carbons (Fsp3) is 0.700. The van der Waals surface area contributed by atoms with Crippen molar-refractivity contribution in [3.05, 3.63) is 11.3 Å². The maximum absolute atomic E-state index is 4.41. The Morgan fingerprint density at radius 2 is 2.27 bits per heavy atom. The molecule has 1 heteroatoms. The van der Waals surface area contributed by atoms with Gasteiger partial charge in [0, 0.05) is 11.9 Å². The van der Waals surface area contributed by atoms with Crippen LogP contribution in [0.4, 0.5) is 0 Å². The lowest BCUT2D eigenvalue weighted by molar-refractivity contribution is 0.629. The molecule has 1 aliphatic heterocycles. The molecule has 0 saturated heterocycles. The van der Waals surface area contributed by atoms with Crippen molar-refractivity contribution in [3.63, 3.8) is 0 Å². The lowest BCUT2D eigenvalue weighted by atomic mass is 10.0. The lowest BCUT2D eigenvalue weighted by Crippen LogP contribution is -1.98. The maximum atomic E-state index is 4.41. The predicted molar refractivity (Wildman–Crippen MR) is 49.9 cm³/mol. The Kier molecular flexibility index (Phi) is 2.86. The van der Waals surface area contributed by atoms with E-state index in [4.69, 9.17) is 0 Å². The standard InChI is InChI=1S/C10H17N/c1-8(2)7-10-9(3)5-4-6-11-10/h6,8H,4-5,7H2,1-3H3. The first kappa shape index (κ1) is 8.51. The van der Waals surface area contributed by atoms with Crippen molar-refractivity contribution >= 4 is 6.21 Å². The molecular formula is C10H17N. The summed E-state index contributed by atoms with van der Waals surface area (Å²) in [6, 6.07) is 0. The molecule has 0 fully saturated rings. The van der Waals surface area contributed by atoms with E-state index in [1.807, 2.05) is 6.21 Å². The molecule has 1 rings (SSSR count). The largest absolute Gasteiger partial charge is 0.266 e. The van der Waals surface area contributed by atoms with Gasteiger partial charge < -0.3 is 0 Å². The number of nitrogens with zero attached hydrogens (tertiary/aromatic N) is 1. The first-order chi connectivity index (χ1) is 5.20. The summed E-state index contributed by atoms with van der Waals surface area (Å²) in [6.07, 6.45) is 5.53. The van der Waals surface area contributed by atoms with Gasteiger partial charge in [0.05, 0.1) is 0 Å². The molecule has 0 amide bonds. The van der Waals surface area contributed by atoms with Crippen LogP contribution in [0.3, 0.4) is 0 Å². The summed E-state index contributed by atoms with van der Waals surface area (Å²) in [5, 5.41) is 0. The average molecular weight is 151 g/mol. The molecule has 11 heavy (non-hydrogen) atoms. The van der Waals surface area contributed by atoms with Crippen molar-refractivity contribution < 1.29 is 0 Å². The van der Waals surface area contributed by atoms with Crippen LogP contribution >= 0.6 is 0 Å². The van der Waals surface area contributed by atoms with Crippen LogP contribution in [0.15, 0.2) is 16.3 Å². The molecule has 62 valence electrons. The zero-order chi connectivity index (χ0) is 8.27. The van der Waals surface area contributed by atoms with Gasteiger partial charge in [-0.2, -0.15) is 0 Å².